The zero-order valence-electron chi connectivity index (χ0n) is 14.0. The Kier molecular flexibility index (Phi) is 7.36. The number of nitrogens with zero attached hydrogens (tertiary/aromatic N) is 1. The molecular formula is C18H28N2O3. The Balaban J connectivity index is 1.56. The van der Waals surface area contributed by atoms with E-state index >= 15 is 0 Å². The van der Waals surface area contributed by atoms with Crippen molar-refractivity contribution in [3.8, 4) is 5.75 Å². The quantitative estimate of drug-likeness (QED) is 0.714. The first-order valence-electron chi connectivity index (χ1n) is 8.47. The molecule has 0 aliphatic carbocycles. The average molecular weight is 320 g/mol. The highest BCUT2D eigenvalue weighted by molar-refractivity contribution is 5.77. The van der Waals surface area contributed by atoms with Crippen LogP contribution < -0.4 is 10.1 Å². The number of piperidine rings is 1. The van der Waals surface area contributed by atoms with Gasteiger partial charge in [-0.2, -0.15) is 0 Å². The summed E-state index contributed by atoms with van der Waals surface area (Å²) in [7, 11) is 0. The minimum atomic E-state index is 0.0548. The van der Waals surface area contributed by atoms with Crippen LogP contribution in [-0.2, 0) is 4.79 Å². The fourth-order valence-electron chi connectivity index (χ4n) is 2.90. The largest absolute Gasteiger partial charge is 0.494 e. The van der Waals surface area contributed by atoms with Crippen LogP contribution in [0.5, 0.6) is 5.75 Å². The fourth-order valence-corrected chi connectivity index (χ4v) is 2.90. The third-order valence-corrected chi connectivity index (χ3v) is 4.13. The Hall–Kier alpha value is -1.59. The van der Waals surface area contributed by atoms with E-state index < -0.39 is 0 Å². The second kappa shape index (κ2) is 9.53. The summed E-state index contributed by atoms with van der Waals surface area (Å²) in [5.41, 5.74) is 1.18. The summed E-state index contributed by atoms with van der Waals surface area (Å²) in [4.78, 5) is 14.1. The lowest BCUT2D eigenvalue weighted by Gasteiger charge is -2.31. The normalized spacial score (nSPS) is 18.6. The van der Waals surface area contributed by atoms with Gasteiger partial charge in [0.25, 0.3) is 0 Å². The predicted octanol–water partition coefficient (Wildman–Crippen LogP) is 1.58. The molecule has 2 rings (SSSR count). The second-order valence-electron chi connectivity index (χ2n) is 6.29. The van der Waals surface area contributed by atoms with Crippen molar-refractivity contribution < 1.29 is 14.6 Å². The molecule has 128 valence electrons. The Bertz CT molecular complexity index is 493. The van der Waals surface area contributed by atoms with Crippen LogP contribution in [0.3, 0.4) is 0 Å². The van der Waals surface area contributed by atoms with Crippen LogP contribution in [0.1, 0.15) is 24.8 Å². The monoisotopic (exact) mass is 320 g/mol. The van der Waals surface area contributed by atoms with Crippen molar-refractivity contribution >= 4 is 5.91 Å². The molecule has 1 aliphatic heterocycles. The van der Waals surface area contributed by atoms with Gasteiger partial charge in [0.05, 0.1) is 13.2 Å². The first kappa shape index (κ1) is 17.8. The minimum absolute atomic E-state index is 0.0548. The molecule has 1 unspecified atom stereocenters. The molecule has 0 spiro atoms. The Morgan fingerprint density at radius 1 is 1.48 bits per heavy atom. The van der Waals surface area contributed by atoms with Gasteiger partial charge in [0, 0.05) is 19.7 Å². The summed E-state index contributed by atoms with van der Waals surface area (Å²) in [6.07, 6.45) is 2.91. The number of benzene rings is 1. The number of aliphatic hydroxyl groups excluding tert-OH is 1. The summed E-state index contributed by atoms with van der Waals surface area (Å²) < 4.78 is 5.66. The van der Waals surface area contributed by atoms with Gasteiger partial charge in [-0.3, -0.25) is 9.69 Å². The number of hydrogen-bond acceptors (Lipinski definition) is 4. The van der Waals surface area contributed by atoms with Crippen molar-refractivity contribution in [1.82, 2.24) is 10.2 Å². The van der Waals surface area contributed by atoms with Crippen LogP contribution in [0.15, 0.2) is 24.3 Å². The molecule has 5 heteroatoms. The lowest BCUT2D eigenvalue weighted by Crippen LogP contribution is -2.43. The summed E-state index contributed by atoms with van der Waals surface area (Å²) in [6.45, 7) is 5.67. The van der Waals surface area contributed by atoms with Crippen molar-refractivity contribution in [3.05, 3.63) is 29.8 Å². The molecular weight excluding hydrogens is 292 g/mol. The third kappa shape index (κ3) is 6.59. The number of hydrogen-bond donors (Lipinski definition) is 2. The van der Waals surface area contributed by atoms with Gasteiger partial charge < -0.3 is 15.2 Å². The molecule has 1 heterocycles. The Labute approximate surface area is 138 Å². The average Bonchev–Trinajstić information content (AvgIpc) is 2.55. The van der Waals surface area contributed by atoms with Gasteiger partial charge in [-0.25, -0.2) is 0 Å². The van der Waals surface area contributed by atoms with Crippen LogP contribution in [0.2, 0.25) is 0 Å². The van der Waals surface area contributed by atoms with Crippen LogP contribution in [0.25, 0.3) is 0 Å². The summed E-state index contributed by atoms with van der Waals surface area (Å²) in [5.74, 6) is 1.25. The fraction of sp³-hybridized carbons (Fsp3) is 0.611. The molecule has 0 bridgehead atoms. The van der Waals surface area contributed by atoms with Crippen LogP contribution in [-0.4, -0.2) is 55.3 Å². The van der Waals surface area contributed by atoms with E-state index in [0.29, 0.717) is 25.6 Å². The van der Waals surface area contributed by atoms with Gasteiger partial charge >= 0.3 is 0 Å². The molecule has 2 N–H and O–H groups in total. The summed E-state index contributed by atoms with van der Waals surface area (Å²) in [6, 6.07) is 7.96. The number of nitrogens with one attached hydrogen (secondary N) is 1. The minimum Gasteiger partial charge on any atom is -0.494 e. The zero-order chi connectivity index (χ0) is 16.5. The number of likely N-dealkylation sites (tertiary alicyclic amines) is 1. The van der Waals surface area contributed by atoms with E-state index in [2.05, 4.69) is 10.2 Å². The Morgan fingerprint density at radius 2 is 2.35 bits per heavy atom. The van der Waals surface area contributed by atoms with E-state index in [-0.39, 0.29) is 12.5 Å². The molecule has 1 amide bonds. The smallest absolute Gasteiger partial charge is 0.234 e. The van der Waals surface area contributed by atoms with Crippen molar-refractivity contribution in [2.75, 3.05) is 39.4 Å². The van der Waals surface area contributed by atoms with Crippen molar-refractivity contribution in [2.24, 2.45) is 5.92 Å². The SMILES string of the molecule is Cc1cccc(OCCCNC(=O)CN2CCCC(CO)C2)c1. The van der Waals surface area contributed by atoms with E-state index in [0.717, 1.165) is 38.1 Å². The van der Waals surface area contributed by atoms with Gasteiger partial charge in [0.15, 0.2) is 0 Å². The highest BCUT2D eigenvalue weighted by Crippen LogP contribution is 2.15. The van der Waals surface area contributed by atoms with E-state index in [4.69, 9.17) is 4.74 Å². The molecule has 1 aromatic rings. The lowest BCUT2D eigenvalue weighted by atomic mass is 9.99. The number of aliphatic hydroxyl groups is 1. The summed E-state index contributed by atoms with van der Waals surface area (Å²) in [5, 5.41) is 12.2. The number of carbonyl (C=O) groups excluding carboxylic acids is 1. The molecule has 0 radical (unpaired) electrons. The maximum absolute atomic E-state index is 11.9. The molecule has 0 aromatic heterocycles. The van der Waals surface area contributed by atoms with Crippen LogP contribution >= 0.6 is 0 Å². The van der Waals surface area contributed by atoms with Crippen LogP contribution in [0.4, 0.5) is 0 Å². The van der Waals surface area contributed by atoms with E-state index in [9.17, 15) is 9.90 Å². The highest BCUT2D eigenvalue weighted by Gasteiger charge is 2.20. The van der Waals surface area contributed by atoms with Gasteiger partial charge in [-0.05, 0) is 56.3 Å². The topological polar surface area (TPSA) is 61.8 Å². The molecule has 1 aliphatic rings. The molecule has 1 atom stereocenters. The van der Waals surface area contributed by atoms with E-state index in [1.165, 1.54) is 5.56 Å². The molecule has 1 aromatic carbocycles. The standard InChI is InChI=1S/C18H28N2O3/c1-15-5-2-7-17(11-15)23-10-4-8-19-18(22)13-20-9-3-6-16(12-20)14-21/h2,5,7,11,16,21H,3-4,6,8-10,12-14H2,1H3,(H,19,22). The molecule has 1 fully saturated rings. The van der Waals surface area contributed by atoms with Crippen molar-refractivity contribution in [3.63, 3.8) is 0 Å². The Morgan fingerprint density at radius 3 is 3.13 bits per heavy atom. The van der Waals surface area contributed by atoms with Gasteiger partial charge in [-0.15, -0.1) is 0 Å². The number of aryl methyl sites for hydroxylation is 1. The molecule has 1 saturated heterocycles. The molecule has 23 heavy (non-hydrogen) atoms. The van der Waals surface area contributed by atoms with Gasteiger partial charge in [-0.1, -0.05) is 12.1 Å². The number of carbonyl (C=O) groups is 1. The van der Waals surface area contributed by atoms with Crippen LogP contribution in [0, 0.1) is 12.8 Å². The first-order valence-corrected chi connectivity index (χ1v) is 8.47. The molecule has 0 saturated carbocycles. The molecule has 5 nitrogen and oxygen atoms in total. The number of rotatable bonds is 8. The predicted molar refractivity (Wildman–Crippen MR) is 90.6 cm³/mol. The van der Waals surface area contributed by atoms with Crippen molar-refractivity contribution in [2.45, 2.75) is 26.2 Å². The van der Waals surface area contributed by atoms with E-state index in [1.807, 2.05) is 31.2 Å². The zero-order valence-corrected chi connectivity index (χ0v) is 14.0. The van der Waals surface area contributed by atoms with Crippen molar-refractivity contribution in [1.29, 1.82) is 0 Å². The summed E-state index contributed by atoms with van der Waals surface area (Å²) >= 11 is 0. The number of amides is 1. The maximum Gasteiger partial charge on any atom is 0.234 e. The maximum atomic E-state index is 11.9. The first-order chi connectivity index (χ1) is 11.2. The van der Waals surface area contributed by atoms with Gasteiger partial charge in [0.1, 0.15) is 5.75 Å². The lowest BCUT2D eigenvalue weighted by molar-refractivity contribution is -0.122. The van der Waals surface area contributed by atoms with E-state index in [1.54, 1.807) is 0 Å². The highest BCUT2D eigenvalue weighted by atomic mass is 16.5. The number of ether oxygens (including phenoxy) is 1. The van der Waals surface area contributed by atoms with Gasteiger partial charge in [0.2, 0.25) is 5.91 Å². The second-order valence-corrected chi connectivity index (χ2v) is 6.29. The third-order valence-electron chi connectivity index (χ3n) is 4.13.